The zero-order valence-electron chi connectivity index (χ0n) is 9.77. The molecule has 86 valence electrons. The topological polar surface area (TPSA) is 29.5 Å². The lowest BCUT2D eigenvalue weighted by Gasteiger charge is -2.22. The maximum atomic E-state index is 10.7. The highest BCUT2D eigenvalue weighted by Gasteiger charge is 2.07. The van der Waals surface area contributed by atoms with Crippen LogP contribution in [0.5, 0.6) is 0 Å². The van der Waals surface area contributed by atoms with Crippen LogP contribution in [0.2, 0.25) is 0 Å². The molecular weight excluding hydrogens is 202 g/mol. The van der Waals surface area contributed by atoms with Crippen molar-refractivity contribution < 1.29 is 9.53 Å². The van der Waals surface area contributed by atoms with Crippen molar-refractivity contribution in [1.29, 1.82) is 0 Å². The normalized spacial score (nSPS) is 9.38. The largest absolute Gasteiger partial charge is 0.485 e. The first-order chi connectivity index (χ1) is 7.81. The van der Waals surface area contributed by atoms with Crippen molar-refractivity contribution in [2.24, 2.45) is 0 Å². The fraction of sp³-hybridized carbons (Fsp3) is 0.385. The van der Waals surface area contributed by atoms with Gasteiger partial charge in [-0.25, -0.2) is 4.79 Å². The van der Waals surface area contributed by atoms with Crippen LogP contribution in [0.25, 0.3) is 0 Å². The molecule has 0 amide bonds. The van der Waals surface area contributed by atoms with Crippen molar-refractivity contribution >= 4 is 11.6 Å². The van der Waals surface area contributed by atoms with Crippen LogP contribution in [0.3, 0.4) is 0 Å². The third kappa shape index (κ3) is 3.44. The van der Waals surface area contributed by atoms with Crippen molar-refractivity contribution in [3.05, 3.63) is 36.1 Å². The van der Waals surface area contributed by atoms with Crippen molar-refractivity contribution in [1.82, 2.24) is 0 Å². The molecule has 0 saturated heterocycles. The Labute approximate surface area is 96.3 Å². The van der Waals surface area contributed by atoms with Crippen LogP contribution in [0.1, 0.15) is 13.8 Å². The molecule has 0 saturated carbocycles. The third-order valence-corrected chi connectivity index (χ3v) is 2.27. The summed E-state index contributed by atoms with van der Waals surface area (Å²) in [4.78, 5) is 12.7. The van der Waals surface area contributed by atoms with E-state index in [1.807, 2.05) is 50.1 Å². The maximum absolute atomic E-state index is 10.7. The predicted octanol–water partition coefficient (Wildman–Crippen LogP) is 2.26. The van der Waals surface area contributed by atoms with Gasteiger partial charge in [-0.2, -0.15) is 0 Å². The van der Waals surface area contributed by atoms with E-state index >= 15 is 0 Å². The zero-order chi connectivity index (χ0) is 11.8. The van der Waals surface area contributed by atoms with Crippen LogP contribution in [-0.4, -0.2) is 25.6 Å². The predicted molar refractivity (Wildman–Crippen MR) is 65.2 cm³/mol. The number of para-hydroxylation sites is 1. The van der Waals surface area contributed by atoms with E-state index in [0.717, 1.165) is 12.2 Å². The van der Waals surface area contributed by atoms with Crippen LogP contribution < -0.4 is 4.90 Å². The molecule has 3 heteroatoms. The summed E-state index contributed by atoms with van der Waals surface area (Å²) in [6.45, 7) is 5.69. The van der Waals surface area contributed by atoms with Crippen molar-refractivity contribution in [2.45, 2.75) is 13.8 Å². The Morgan fingerprint density at radius 3 is 2.50 bits per heavy atom. The van der Waals surface area contributed by atoms with E-state index in [9.17, 15) is 4.79 Å². The second-order valence-corrected chi connectivity index (χ2v) is 3.31. The third-order valence-electron chi connectivity index (χ3n) is 2.27. The summed E-state index contributed by atoms with van der Waals surface area (Å²) in [7, 11) is 0. The number of likely N-dealkylation sites (N-methyl/N-ethyl adjacent to an activating group) is 1. The van der Waals surface area contributed by atoms with Crippen LogP contribution in [-0.2, 0) is 9.53 Å². The summed E-state index contributed by atoms with van der Waals surface area (Å²) < 4.78 is 5.20. The van der Waals surface area contributed by atoms with Crippen molar-refractivity contribution in [3.63, 3.8) is 0 Å². The number of hydrogen-bond donors (Lipinski definition) is 0. The molecule has 0 aliphatic rings. The molecule has 1 aromatic carbocycles. The SMILES string of the molecule is CCOC(=C=O)CN(CC)c1ccccc1. The maximum Gasteiger partial charge on any atom is 0.199 e. The minimum atomic E-state index is 0.355. The van der Waals surface area contributed by atoms with Crippen molar-refractivity contribution in [3.8, 4) is 0 Å². The van der Waals surface area contributed by atoms with Gasteiger partial charge in [-0.05, 0) is 26.0 Å². The molecule has 0 bridgehead atoms. The van der Waals surface area contributed by atoms with Gasteiger partial charge < -0.3 is 9.64 Å². The lowest BCUT2D eigenvalue weighted by atomic mass is 10.3. The Bertz CT molecular complexity index is 355. The second-order valence-electron chi connectivity index (χ2n) is 3.31. The summed E-state index contributed by atoms with van der Waals surface area (Å²) in [5.74, 6) is 2.20. The average Bonchev–Trinajstić information content (AvgIpc) is 2.35. The van der Waals surface area contributed by atoms with Crippen LogP contribution >= 0.6 is 0 Å². The molecule has 0 radical (unpaired) electrons. The highest BCUT2D eigenvalue weighted by molar-refractivity contribution is 5.54. The zero-order valence-corrected chi connectivity index (χ0v) is 9.77. The molecule has 3 nitrogen and oxygen atoms in total. The van der Waals surface area contributed by atoms with Crippen LogP contribution in [0.4, 0.5) is 5.69 Å². The summed E-state index contributed by atoms with van der Waals surface area (Å²) in [5.41, 5.74) is 1.08. The minimum absolute atomic E-state index is 0.355. The molecule has 1 aromatic rings. The van der Waals surface area contributed by atoms with E-state index in [1.54, 1.807) is 0 Å². The number of carbonyl (C=O) groups excluding carboxylic acids is 1. The van der Waals surface area contributed by atoms with E-state index in [0.29, 0.717) is 18.9 Å². The molecular formula is C13H17NO2. The van der Waals surface area contributed by atoms with Crippen LogP contribution in [0, 0.1) is 0 Å². The number of nitrogens with zero attached hydrogens (tertiary/aromatic N) is 1. The number of anilines is 1. The molecule has 1 rings (SSSR count). The quantitative estimate of drug-likeness (QED) is 0.543. The van der Waals surface area contributed by atoms with E-state index in [4.69, 9.17) is 4.74 Å². The van der Waals surface area contributed by atoms with Crippen LogP contribution in [0.15, 0.2) is 36.1 Å². The van der Waals surface area contributed by atoms with Gasteiger partial charge in [0, 0.05) is 12.2 Å². The first-order valence-electron chi connectivity index (χ1n) is 5.48. The van der Waals surface area contributed by atoms with E-state index in [1.165, 1.54) is 0 Å². The number of ether oxygens (including phenoxy) is 1. The monoisotopic (exact) mass is 219 g/mol. The minimum Gasteiger partial charge on any atom is -0.485 e. The molecule has 16 heavy (non-hydrogen) atoms. The van der Waals surface area contributed by atoms with Gasteiger partial charge in [-0.1, -0.05) is 18.2 Å². The van der Waals surface area contributed by atoms with E-state index in [-0.39, 0.29) is 0 Å². The summed E-state index contributed by atoms with van der Waals surface area (Å²) in [6, 6.07) is 9.94. The fourth-order valence-electron chi connectivity index (χ4n) is 1.48. The van der Waals surface area contributed by atoms with Gasteiger partial charge in [-0.3, -0.25) is 0 Å². The van der Waals surface area contributed by atoms with Gasteiger partial charge in [0.25, 0.3) is 0 Å². The number of benzene rings is 1. The first kappa shape index (κ1) is 12.3. The molecule has 0 spiro atoms. The lowest BCUT2D eigenvalue weighted by molar-refractivity contribution is 0.228. The average molecular weight is 219 g/mol. The fourth-order valence-corrected chi connectivity index (χ4v) is 1.48. The summed E-state index contributed by atoms with van der Waals surface area (Å²) in [5, 5.41) is 0. The molecule has 0 fully saturated rings. The highest BCUT2D eigenvalue weighted by Crippen LogP contribution is 2.14. The van der Waals surface area contributed by atoms with Crippen molar-refractivity contribution in [2.75, 3.05) is 24.6 Å². The lowest BCUT2D eigenvalue weighted by Crippen LogP contribution is -2.26. The smallest absolute Gasteiger partial charge is 0.199 e. The number of rotatable bonds is 6. The first-order valence-corrected chi connectivity index (χ1v) is 5.48. The Balaban J connectivity index is 2.73. The second kappa shape index (κ2) is 6.70. The molecule has 0 aliphatic heterocycles. The van der Waals surface area contributed by atoms with E-state index in [2.05, 4.69) is 4.90 Å². The highest BCUT2D eigenvalue weighted by atomic mass is 16.5. The van der Waals surface area contributed by atoms with E-state index < -0.39 is 0 Å². The standard InChI is InChI=1S/C13H17NO2/c1-3-14(10-13(11-15)16-4-2)12-8-6-5-7-9-12/h5-9H,3-4,10H2,1-2H3. The molecule has 0 aliphatic carbocycles. The van der Waals surface area contributed by atoms with Gasteiger partial charge in [0.15, 0.2) is 11.7 Å². The Morgan fingerprint density at radius 2 is 2.00 bits per heavy atom. The van der Waals surface area contributed by atoms with Gasteiger partial charge in [0.2, 0.25) is 0 Å². The summed E-state index contributed by atoms with van der Waals surface area (Å²) >= 11 is 0. The van der Waals surface area contributed by atoms with Gasteiger partial charge in [0.1, 0.15) is 0 Å². The molecule has 0 aromatic heterocycles. The molecule has 0 heterocycles. The molecule has 0 atom stereocenters. The Kier molecular flexibility index (Phi) is 5.17. The molecule has 0 unspecified atom stereocenters. The Morgan fingerprint density at radius 1 is 1.31 bits per heavy atom. The van der Waals surface area contributed by atoms with Gasteiger partial charge >= 0.3 is 0 Å². The number of hydrogen-bond acceptors (Lipinski definition) is 3. The summed E-state index contributed by atoms with van der Waals surface area (Å²) in [6.07, 6.45) is 0. The van der Waals surface area contributed by atoms with Gasteiger partial charge in [0.05, 0.1) is 13.2 Å². The molecule has 0 N–H and O–H groups in total. The Hall–Kier alpha value is -1.73. The van der Waals surface area contributed by atoms with Gasteiger partial charge in [-0.15, -0.1) is 0 Å².